The summed E-state index contributed by atoms with van der Waals surface area (Å²) >= 11 is 0. The first-order valence-electron chi connectivity index (χ1n) is 9.52. The summed E-state index contributed by atoms with van der Waals surface area (Å²) in [6.07, 6.45) is 0. The Balaban J connectivity index is 0. The van der Waals surface area contributed by atoms with Gasteiger partial charge in [0.1, 0.15) is 11.1 Å². The molecule has 0 saturated carbocycles. The summed E-state index contributed by atoms with van der Waals surface area (Å²) in [7, 11) is 0. The molecule has 0 fully saturated rings. The largest absolute Gasteiger partial charge is 0.479 e. The molecule has 0 amide bonds. The molecule has 0 aliphatic rings. The Morgan fingerprint density at radius 3 is 1.19 bits per heavy atom. The molecule has 0 radical (unpaired) electrons. The molecule has 0 aliphatic heterocycles. The molecule has 0 bridgehead atoms. The number of amidine groups is 2. The van der Waals surface area contributed by atoms with Crippen LogP contribution in [0.15, 0.2) is 30.8 Å². The van der Waals surface area contributed by atoms with E-state index in [1.54, 1.807) is 41.5 Å². The molecule has 32 heavy (non-hydrogen) atoms. The zero-order chi connectivity index (χ0) is 26.1. The highest BCUT2D eigenvalue weighted by atomic mass is 16.4. The second-order valence-electron chi connectivity index (χ2n) is 8.96. The zero-order valence-electron chi connectivity index (χ0n) is 20.0. The van der Waals surface area contributed by atoms with E-state index in [1.807, 2.05) is 0 Å². The molecule has 0 aromatic rings. The molecule has 0 aliphatic carbocycles. The number of carboxylic acid groups (broad SMARTS) is 2. The van der Waals surface area contributed by atoms with Crippen molar-refractivity contribution in [3.8, 4) is 0 Å². The van der Waals surface area contributed by atoms with Crippen LogP contribution in [-0.2, 0) is 9.59 Å². The van der Waals surface area contributed by atoms with E-state index in [0.29, 0.717) is 0 Å². The standard InChI is InChI=1S/C10H18N2O4.C8H18N6O2/c1-6(2)10(5,8(15)16)12-11-9(3,4)7(13)14;1-7(2,5(9)11-15)13-14-8(3,4)6(10)12-16/h6H,1-5H3,(H,13,14)(H,15,16);15-16H,1-4H3,(H2,9,11)(H2,10,12). The SMILES string of the molecule is CC(C)(N=NC(C)(C)C(N)=NO)C(N)=NO.CC(C)C(C)(N=NC(C)(C)C(=O)O)C(=O)O. The average Bonchev–Trinajstić information content (AvgIpc) is 2.69. The van der Waals surface area contributed by atoms with Crippen molar-refractivity contribution in [3.63, 3.8) is 0 Å². The average molecular weight is 461 g/mol. The van der Waals surface area contributed by atoms with Gasteiger partial charge in [0.15, 0.2) is 22.7 Å². The second kappa shape index (κ2) is 11.3. The summed E-state index contributed by atoms with van der Waals surface area (Å²) in [4.78, 5) is 21.8. The van der Waals surface area contributed by atoms with Gasteiger partial charge >= 0.3 is 11.9 Å². The van der Waals surface area contributed by atoms with Gasteiger partial charge in [-0.2, -0.15) is 20.5 Å². The number of carboxylic acids is 2. The van der Waals surface area contributed by atoms with Gasteiger partial charge in [-0.1, -0.05) is 24.2 Å². The highest BCUT2D eigenvalue weighted by molar-refractivity contribution is 5.90. The fourth-order valence-electron chi connectivity index (χ4n) is 1.27. The molecule has 14 nitrogen and oxygen atoms in total. The fraction of sp³-hybridized carbons (Fsp3) is 0.778. The monoisotopic (exact) mass is 460 g/mol. The van der Waals surface area contributed by atoms with Crippen LogP contribution in [0.2, 0.25) is 0 Å². The van der Waals surface area contributed by atoms with Crippen LogP contribution in [0.25, 0.3) is 0 Å². The van der Waals surface area contributed by atoms with Gasteiger partial charge in [-0.3, -0.25) is 0 Å². The molecule has 14 heteroatoms. The summed E-state index contributed by atoms with van der Waals surface area (Å²) in [6, 6.07) is 0. The topological polar surface area (TPSA) is 241 Å². The molecular formula is C18H36N8O6. The Labute approximate surface area is 187 Å². The van der Waals surface area contributed by atoms with Crippen LogP contribution >= 0.6 is 0 Å². The maximum Gasteiger partial charge on any atom is 0.333 e. The maximum absolute atomic E-state index is 11.0. The molecule has 0 rings (SSSR count). The Bertz CT molecular complexity index is 754. The van der Waals surface area contributed by atoms with Crippen molar-refractivity contribution in [2.24, 2.45) is 48.2 Å². The number of oxime groups is 2. The summed E-state index contributed by atoms with van der Waals surface area (Å²) < 4.78 is 0. The highest BCUT2D eigenvalue weighted by Crippen LogP contribution is 2.24. The first-order chi connectivity index (χ1) is 14.2. The third-order valence-corrected chi connectivity index (χ3v) is 4.61. The van der Waals surface area contributed by atoms with Gasteiger partial charge in [-0.05, 0) is 54.4 Å². The normalized spacial score (nSPS) is 16.1. The van der Waals surface area contributed by atoms with Crippen molar-refractivity contribution in [1.82, 2.24) is 0 Å². The molecule has 0 heterocycles. The van der Waals surface area contributed by atoms with E-state index in [1.165, 1.54) is 20.8 Å². The van der Waals surface area contributed by atoms with Gasteiger partial charge in [0.05, 0.1) is 0 Å². The summed E-state index contributed by atoms with van der Waals surface area (Å²) in [5.41, 5.74) is 6.13. The fourth-order valence-corrected chi connectivity index (χ4v) is 1.27. The molecule has 0 aromatic heterocycles. The number of azo groups is 2. The smallest absolute Gasteiger partial charge is 0.333 e. The van der Waals surface area contributed by atoms with Crippen LogP contribution in [0.5, 0.6) is 0 Å². The summed E-state index contributed by atoms with van der Waals surface area (Å²) in [6.45, 7) is 14.0. The lowest BCUT2D eigenvalue weighted by molar-refractivity contribution is -0.146. The van der Waals surface area contributed by atoms with E-state index >= 15 is 0 Å². The minimum atomic E-state index is -1.41. The van der Waals surface area contributed by atoms with Crippen molar-refractivity contribution >= 4 is 23.6 Å². The number of hydrogen-bond acceptors (Lipinski definition) is 10. The second-order valence-corrected chi connectivity index (χ2v) is 8.96. The van der Waals surface area contributed by atoms with Crippen molar-refractivity contribution in [3.05, 3.63) is 0 Å². The van der Waals surface area contributed by atoms with Gasteiger partial charge in [-0.25, -0.2) is 9.59 Å². The Morgan fingerprint density at radius 1 is 0.656 bits per heavy atom. The van der Waals surface area contributed by atoms with Crippen molar-refractivity contribution < 1.29 is 30.2 Å². The third-order valence-electron chi connectivity index (χ3n) is 4.61. The third kappa shape index (κ3) is 8.81. The Kier molecular flexibility index (Phi) is 10.9. The molecule has 0 saturated heterocycles. The lowest BCUT2D eigenvalue weighted by atomic mass is 9.90. The van der Waals surface area contributed by atoms with Gasteiger partial charge < -0.3 is 32.1 Å². The number of rotatable bonds is 9. The summed E-state index contributed by atoms with van der Waals surface area (Å²) in [5, 5.41) is 55.7. The van der Waals surface area contributed by atoms with Crippen LogP contribution in [0.1, 0.15) is 62.3 Å². The minimum Gasteiger partial charge on any atom is -0.479 e. The Morgan fingerprint density at radius 2 is 0.969 bits per heavy atom. The first-order valence-corrected chi connectivity index (χ1v) is 9.52. The van der Waals surface area contributed by atoms with Gasteiger partial charge in [0, 0.05) is 0 Å². The van der Waals surface area contributed by atoms with Crippen LogP contribution in [0.4, 0.5) is 0 Å². The lowest BCUT2D eigenvalue weighted by Crippen LogP contribution is -2.39. The lowest BCUT2D eigenvalue weighted by Gasteiger charge is -2.24. The number of carbonyl (C=O) groups is 2. The van der Waals surface area contributed by atoms with Crippen molar-refractivity contribution in [2.45, 2.75) is 84.5 Å². The van der Waals surface area contributed by atoms with E-state index in [-0.39, 0.29) is 17.6 Å². The molecule has 0 aromatic carbocycles. The maximum atomic E-state index is 11.0. The van der Waals surface area contributed by atoms with E-state index in [9.17, 15) is 9.59 Å². The number of hydrogen-bond donors (Lipinski definition) is 6. The van der Waals surface area contributed by atoms with Crippen LogP contribution in [0, 0.1) is 5.92 Å². The van der Waals surface area contributed by atoms with Crippen LogP contribution < -0.4 is 11.5 Å². The molecule has 1 unspecified atom stereocenters. The molecular weight excluding hydrogens is 424 g/mol. The first kappa shape index (κ1) is 30.9. The van der Waals surface area contributed by atoms with Crippen LogP contribution in [0.3, 0.4) is 0 Å². The van der Waals surface area contributed by atoms with E-state index in [4.69, 9.17) is 32.1 Å². The minimum absolute atomic E-state index is 0.0773. The number of nitrogens with zero attached hydrogens (tertiary/aromatic N) is 6. The molecule has 184 valence electrons. The molecule has 0 spiro atoms. The molecule has 1 atom stereocenters. The predicted octanol–water partition coefficient (Wildman–Crippen LogP) is 2.29. The predicted molar refractivity (Wildman–Crippen MR) is 117 cm³/mol. The van der Waals surface area contributed by atoms with Crippen molar-refractivity contribution in [1.29, 1.82) is 0 Å². The van der Waals surface area contributed by atoms with E-state index in [2.05, 4.69) is 30.8 Å². The van der Waals surface area contributed by atoms with Crippen molar-refractivity contribution in [2.75, 3.05) is 0 Å². The van der Waals surface area contributed by atoms with E-state index in [0.717, 1.165) is 0 Å². The van der Waals surface area contributed by atoms with Gasteiger partial charge in [0.25, 0.3) is 0 Å². The summed E-state index contributed by atoms with van der Waals surface area (Å²) in [5.74, 6) is -2.70. The highest BCUT2D eigenvalue weighted by Gasteiger charge is 2.38. The number of nitrogens with two attached hydrogens (primary N) is 2. The van der Waals surface area contributed by atoms with Gasteiger partial charge in [-0.15, -0.1) is 0 Å². The molecule has 8 N–H and O–H groups in total. The Hall–Kier alpha value is -3.32. The van der Waals surface area contributed by atoms with E-state index < -0.39 is 34.1 Å². The quantitative estimate of drug-likeness (QED) is 0.0977. The van der Waals surface area contributed by atoms with Crippen LogP contribution in [-0.4, -0.2) is 66.4 Å². The van der Waals surface area contributed by atoms with Gasteiger partial charge in [0.2, 0.25) is 0 Å². The zero-order valence-corrected chi connectivity index (χ0v) is 20.0. The number of aliphatic carboxylic acids is 2.